The van der Waals surface area contributed by atoms with E-state index in [1.807, 2.05) is 0 Å². The Morgan fingerprint density at radius 1 is 0.875 bits per heavy atom. The van der Waals surface area contributed by atoms with E-state index in [2.05, 4.69) is 10.6 Å². The molecule has 2 aromatic rings. The molecule has 1 aliphatic carbocycles. The lowest BCUT2D eigenvalue weighted by Gasteiger charge is -2.08. The van der Waals surface area contributed by atoms with Crippen molar-refractivity contribution in [3.63, 3.8) is 0 Å². The first kappa shape index (κ1) is 15.9. The zero-order chi connectivity index (χ0) is 17.1. The van der Waals surface area contributed by atoms with Gasteiger partial charge in [0.2, 0.25) is 5.91 Å². The molecular formula is C19H18N2O3. The van der Waals surface area contributed by atoms with Crippen molar-refractivity contribution in [2.75, 3.05) is 10.6 Å². The quantitative estimate of drug-likeness (QED) is 0.827. The highest BCUT2D eigenvalue weighted by Gasteiger charge is 2.29. The summed E-state index contributed by atoms with van der Waals surface area (Å²) in [6.07, 6.45) is 1.90. The predicted molar refractivity (Wildman–Crippen MR) is 92.2 cm³/mol. The Bertz CT molecular complexity index is 793. The van der Waals surface area contributed by atoms with E-state index in [1.165, 1.54) is 6.92 Å². The lowest BCUT2D eigenvalue weighted by molar-refractivity contribution is -0.117. The maximum atomic E-state index is 12.3. The fourth-order valence-corrected chi connectivity index (χ4v) is 2.31. The van der Waals surface area contributed by atoms with Crippen LogP contribution in [0.3, 0.4) is 0 Å². The molecule has 5 nitrogen and oxygen atoms in total. The van der Waals surface area contributed by atoms with Gasteiger partial charge in [0.05, 0.1) is 0 Å². The van der Waals surface area contributed by atoms with Crippen molar-refractivity contribution >= 4 is 29.0 Å². The van der Waals surface area contributed by atoms with Crippen LogP contribution < -0.4 is 10.6 Å². The van der Waals surface area contributed by atoms with Gasteiger partial charge in [0.25, 0.3) is 5.91 Å². The highest BCUT2D eigenvalue weighted by molar-refractivity contribution is 6.05. The number of carbonyl (C=O) groups excluding carboxylic acids is 3. The van der Waals surface area contributed by atoms with E-state index in [1.54, 1.807) is 48.5 Å². The number of anilines is 2. The Balaban J connectivity index is 1.65. The van der Waals surface area contributed by atoms with Gasteiger partial charge in [0.15, 0.2) is 5.78 Å². The maximum Gasteiger partial charge on any atom is 0.255 e. The smallest absolute Gasteiger partial charge is 0.255 e. The molecule has 1 saturated carbocycles. The Kier molecular flexibility index (Phi) is 4.42. The molecule has 0 radical (unpaired) electrons. The van der Waals surface area contributed by atoms with Crippen LogP contribution >= 0.6 is 0 Å². The highest BCUT2D eigenvalue weighted by atomic mass is 16.2. The average molecular weight is 322 g/mol. The van der Waals surface area contributed by atoms with Gasteiger partial charge in [-0.05, 0) is 56.2 Å². The molecule has 0 aromatic heterocycles. The van der Waals surface area contributed by atoms with Gasteiger partial charge < -0.3 is 10.6 Å². The van der Waals surface area contributed by atoms with Crippen molar-refractivity contribution in [1.82, 2.24) is 0 Å². The second kappa shape index (κ2) is 6.66. The van der Waals surface area contributed by atoms with E-state index in [9.17, 15) is 14.4 Å². The number of nitrogens with one attached hydrogen (secondary N) is 2. The molecule has 3 rings (SSSR count). The first-order valence-corrected chi connectivity index (χ1v) is 7.86. The van der Waals surface area contributed by atoms with Crippen LogP contribution in [0.15, 0.2) is 48.5 Å². The number of hydrogen-bond donors (Lipinski definition) is 2. The summed E-state index contributed by atoms with van der Waals surface area (Å²) in [6.45, 7) is 1.48. The minimum atomic E-state index is -0.268. The zero-order valence-corrected chi connectivity index (χ0v) is 13.3. The van der Waals surface area contributed by atoms with Crippen molar-refractivity contribution in [2.45, 2.75) is 19.8 Å². The van der Waals surface area contributed by atoms with E-state index in [0.717, 1.165) is 12.8 Å². The van der Waals surface area contributed by atoms with E-state index < -0.39 is 0 Å². The fourth-order valence-electron chi connectivity index (χ4n) is 2.31. The number of carbonyl (C=O) groups is 3. The molecule has 1 fully saturated rings. The SMILES string of the molecule is CC(=O)c1cccc(NC(=O)c2ccc(NC(=O)C3CC3)cc2)c1. The van der Waals surface area contributed by atoms with Gasteiger partial charge >= 0.3 is 0 Å². The van der Waals surface area contributed by atoms with Crippen LogP contribution in [0.2, 0.25) is 0 Å². The molecule has 2 aromatic carbocycles. The summed E-state index contributed by atoms with van der Waals surface area (Å²) in [7, 11) is 0. The van der Waals surface area contributed by atoms with Crippen LogP contribution in [-0.4, -0.2) is 17.6 Å². The molecule has 0 unspecified atom stereocenters. The lowest BCUT2D eigenvalue weighted by Crippen LogP contribution is -2.14. The molecule has 2 amide bonds. The Morgan fingerprint density at radius 2 is 1.58 bits per heavy atom. The first-order valence-electron chi connectivity index (χ1n) is 7.86. The standard InChI is InChI=1S/C19H18N2O3/c1-12(22)15-3-2-4-17(11-15)21-19(24)14-7-9-16(10-8-14)20-18(23)13-5-6-13/h2-4,7-11,13H,5-6H2,1H3,(H,20,23)(H,21,24). The summed E-state index contributed by atoms with van der Waals surface area (Å²) in [5.41, 5.74) is 2.28. The van der Waals surface area contributed by atoms with E-state index in [-0.39, 0.29) is 23.5 Å². The van der Waals surface area contributed by atoms with E-state index in [4.69, 9.17) is 0 Å². The number of Topliss-reactive ketones (excluding diaryl/α,β-unsaturated/α-hetero) is 1. The third-order valence-electron chi connectivity index (χ3n) is 3.89. The maximum absolute atomic E-state index is 12.3. The van der Waals surface area contributed by atoms with Crippen LogP contribution in [-0.2, 0) is 4.79 Å². The predicted octanol–water partition coefficient (Wildman–Crippen LogP) is 3.49. The summed E-state index contributed by atoms with van der Waals surface area (Å²) in [4.78, 5) is 35.4. The van der Waals surface area contributed by atoms with Gasteiger partial charge in [-0.25, -0.2) is 0 Å². The molecule has 2 N–H and O–H groups in total. The zero-order valence-electron chi connectivity index (χ0n) is 13.3. The van der Waals surface area contributed by atoms with Gasteiger partial charge in [0, 0.05) is 28.4 Å². The molecular weight excluding hydrogens is 304 g/mol. The summed E-state index contributed by atoms with van der Waals surface area (Å²) in [5, 5.41) is 5.59. The molecule has 0 spiro atoms. The Hall–Kier alpha value is -2.95. The first-order chi connectivity index (χ1) is 11.5. The van der Waals surface area contributed by atoms with Crippen LogP contribution in [0.1, 0.15) is 40.5 Å². The van der Waals surface area contributed by atoms with Gasteiger partial charge in [-0.2, -0.15) is 0 Å². The van der Waals surface area contributed by atoms with E-state index in [0.29, 0.717) is 22.5 Å². The Labute approximate surface area is 140 Å². The van der Waals surface area contributed by atoms with Crippen molar-refractivity contribution in [2.24, 2.45) is 5.92 Å². The average Bonchev–Trinajstić information content (AvgIpc) is 3.40. The Morgan fingerprint density at radius 3 is 2.21 bits per heavy atom. The molecule has 1 aliphatic rings. The van der Waals surface area contributed by atoms with Gasteiger partial charge in [-0.15, -0.1) is 0 Å². The summed E-state index contributed by atoms with van der Waals surface area (Å²) in [6, 6.07) is 13.5. The summed E-state index contributed by atoms with van der Waals surface area (Å²) < 4.78 is 0. The summed E-state index contributed by atoms with van der Waals surface area (Å²) in [5.74, 6) is -0.146. The molecule has 0 bridgehead atoms. The monoisotopic (exact) mass is 322 g/mol. The topological polar surface area (TPSA) is 75.3 Å². The van der Waals surface area contributed by atoms with Crippen molar-refractivity contribution in [1.29, 1.82) is 0 Å². The molecule has 122 valence electrons. The number of benzene rings is 2. The number of rotatable bonds is 5. The van der Waals surface area contributed by atoms with Crippen LogP contribution in [0.4, 0.5) is 11.4 Å². The van der Waals surface area contributed by atoms with Crippen molar-refractivity contribution in [3.05, 3.63) is 59.7 Å². The minimum absolute atomic E-state index is 0.0354. The molecule has 24 heavy (non-hydrogen) atoms. The van der Waals surface area contributed by atoms with Crippen molar-refractivity contribution in [3.8, 4) is 0 Å². The molecule has 0 heterocycles. The molecule has 0 aliphatic heterocycles. The van der Waals surface area contributed by atoms with Crippen LogP contribution in [0.5, 0.6) is 0 Å². The fraction of sp³-hybridized carbons (Fsp3) is 0.211. The second-order valence-electron chi connectivity index (χ2n) is 5.93. The van der Waals surface area contributed by atoms with Crippen molar-refractivity contribution < 1.29 is 14.4 Å². The van der Waals surface area contributed by atoms with Crippen LogP contribution in [0.25, 0.3) is 0 Å². The third-order valence-corrected chi connectivity index (χ3v) is 3.89. The van der Waals surface area contributed by atoms with Gasteiger partial charge in [0.1, 0.15) is 0 Å². The second-order valence-corrected chi connectivity index (χ2v) is 5.93. The number of hydrogen-bond acceptors (Lipinski definition) is 3. The lowest BCUT2D eigenvalue weighted by atomic mass is 10.1. The van der Waals surface area contributed by atoms with Gasteiger partial charge in [-0.3, -0.25) is 14.4 Å². The number of amides is 2. The molecule has 0 atom stereocenters. The summed E-state index contributed by atoms with van der Waals surface area (Å²) >= 11 is 0. The molecule has 0 saturated heterocycles. The van der Waals surface area contributed by atoms with Crippen LogP contribution in [0, 0.1) is 5.92 Å². The number of ketones is 1. The third kappa shape index (κ3) is 3.87. The minimum Gasteiger partial charge on any atom is -0.326 e. The molecule has 5 heteroatoms. The largest absolute Gasteiger partial charge is 0.326 e. The highest BCUT2D eigenvalue weighted by Crippen LogP contribution is 2.30. The van der Waals surface area contributed by atoms with Gasteiger partial charge in [-0.1, -0.05) is 12.1 Å². The van der Waals surface area contributed by atoms with E-state index >= 15 is 0 Å². The normalized spacial score (nSPS) is 13.2.